The molecule has 1 unspecified atom stereocenters. The molecule has 1 N–H and O–H groups in total. The number of thiophene rings is 1. The van der Waals surface area contributed by atoms with Crippen molar-refractivity contribution in [2.45, 2.75) is 24.3 Å². The Morgan fingerprint density at radius 3 is 3.05 bits per heavy atom. The topological polar surface area (TPSA) is 66.5 Å². The fourth-order valence-electron chi connectivity index (χ4n) is 1.97. The molecule has 104 valence electrons. The van der Waals surface area contributed by atoms with Gasteiger partial charge in [0.2, 0.25) is 15.9 Å². The molecule has 0 fully saturated rings. The number of sulfonamides is 1. The summed E-state index contributed by atoms with van der Waals surface area (Å²) in [5.41, 5.74) is 0. The standard InChI is InChI=1S/C12H16N2O3S2/c1-3-4-5-11(15)13-9-8-14(2)19(16,17)10-6-7-18-12(9)10/h3-4,6-7,9H,5,8H2,1-2H3,(H,13,15). The molecule has 0 aromatic carbocycles. The molecule has 1 aliphatic rings. The third-order valence-corrected chi connectivity index (χ3v) is 6.02. The maximum Gasteiger partial charge on any atom is 0.244 e. The first-order chi connectivity index (χ1) is 8.96. The molecule has 0 spiro atoms. The van der Waals surface area contributed by atoms with E-state index < -0.39 is 10.0 Å². The van der Waals surface area contributed by atoms with Crippen molar-refractivity contribution in [1.82, 2.24) is 9.62 Å². The Bertz CT molecular complexity index is 604. The molecule has 1 aliphatic heterocycles. The minimum atomic E-state index is -3.38. The van der Waals surface area contributed by atoms with E-state index in [2.05, 4.69) is 5.32 Å². The molecule has 0 saturated heterocycles. The second-order valence-electron chi connectivity index (χ2n) is 4.33. The first-order valence-corrected chi connectivity index (χ1v) is 8.23. The molecule has 5 nitrogen and oxygen atoms in total. The number of likely N-dealkylation sites (N-methyl/N-ethyl adjacent to an activating group) is 1. The Morgan fingerprint density at radius 2 is 2.37 bits per heavy atom. The Labute approximate surface area is 117 Å². The van der Waals surface area contributed by atoms with Gasteiger partial charge in [-0.1, -0.05) is 12.2 Å². The molecule has 2 rings (SSSR count). The van der Waals surface area contributed by atoms with Crippen molar-refractivity contribution in [3.8, 4) is 0 Å². The molecule has 19 heavy (non-hydrogen) atoms. The number of nitrogens with one attached hydrogen (secondary N) is 1. The highest BCUT2D eigenvalue weighted by molar-refractivity contribution is 7.89. The largest absolute Gasteiger partial charge is 0.347 e. The molecule has 7 heteroatoms. The van der Waals surface area contributed by atoms with Gasteiger partial charge in [-0.05, 0) is 18.4 Å². The van der Waals surface area contributed by atoms with Gasteiger partial charge in [0.25, 0.3) is 0 Å². The van der Waals surface area contributed by atoms with Crippen LogP contribution in [-0.2, 0) is 14.8 Å². The van der Waals surface area contributed by atoms with E-state index in [9.17, 15) is 13.2 Å². The third-order valence-electron chi connectivity index (χ3n) is 2.98. The highest BCUT2D eigenvalue weighted by atomic mass is 32.2. The fourth-order valence-corrected chi connectivity index (χ4v) is 4.67. The van der Waals surface area contributed by atoms with Crippen molar-refractivity contribution in [1.29, 1.82) is 0 Å². The van der Waals surface area contributed by atoms with Crippen LogP contribution in [-0.4, -0.2) is 32.2 Å². The monoisotopic (exact) mass is 300 g/mol. The van der Waals surface area contributed by atoms with Crippen molar-refractivity contribution in [3.05, 3.63) is 28.5 Å². The molecule has 1 aromatic rings. The van der Waals surface area contributed by atoms with Gasteiger partial charge in [-0.25, -0.2) is 8.42 Å². The van der Waals surface area contributed by atoms with Gasteiger partial charge in [0, 0.05) is 24.9 Å². The molecular weight excluding hydrogens is 284 g/mol. The van der Waals surface area contributed by atoms with Crippen LogP contribution in [0, 0.1) is 0 Å². The Kier molecular flexibility index (Phi) is 4.07. The number of carbonyl (C=O) groups is 1. The highest BCUT2D eigenvalue weighted by Crippen LogP contribution is 2.35. The normalized spacial score (nSPS) is 22.3. The summed E-state index contributed by atoms with van der Waals surface area (Å²) >= 11 is 1.37. The van der Waals surface area contributed by atoms with E-state index in [1.54, 1.807) is 17.5 Å². The summed E-state index contributed by atoms with van der Waals surface area (Å²) in [4.78, 5) is 12.8. The average Bonchev–Trinajstić information content (AvgIpc) is 2.84. The predicted molar refractivity (Wildman–Crippen MR) is 74.4 cm³/mol. The zero-order valence-electron chi connectivity index (χ0n) is 10.8. The first-order valence-electron chi connectivity index (χ1n) is 5.91. The van der Waals surface area contributed by atoms with Crippen LogP contribution in [0.5, 0.6) is 0 Å². The minimum Gasteiger partial charge on any atom is -0.347 e. The molecular formula is C12H16N2O3S2. The molecule has 1 amide bonds. The van der Waals surface area contributed by atoms with Crippen LogP contribution in [0.25, 0.3) is 0 Å². The lowest BCUT2D eigenvalue weighted by Gasteiger charge is -2.29. The smallest absolute Gasteiger partial charge is 0.244 e. The Hall–Kier alpha value is -1.18. The Morgan fingerprint density at radius 1 is 1.63 bits per heavy atom. The number of carbonyl (C=O) groups excluding carboxylic acids is 1. The van der Waals surface area contributed by atoms with Crippen LogP contribution in [0.3, 0.4) is 0 Å². The first kappa shape index (κ1) is 14.2. The van der Waals surface area contributed by atoms with Crippen LogP contribution in [0.15, 0.2) is 28.5 Å². The maximum absolute atomic E-state index is 12.1. The summed E-state index contributed by atoms with van der Waals surface area (Å²) in [6, 6.07) is 1.33. The number of hydrogen-bond donors (Lipinski definition) is 1. The molecule has 0 radical (unpaired) electrons. The molecule has 1 aromatic heterocycles. The van der Waals surface area contributed by atoms with E-state index in [4.69, 9.17) is 0 Å². The number of allylic oxidation sites excluding steroid dienone is 1. The van der Waals surface area contributed by atoms with Gasteiger partial charge in [0.05, 0.1) is 10.9 Å². The number of amides is 1. The molecule has 0 saturated carbocycles. The maximum atomic E-state index is 12.1. The number of rotatable bonds is 3. The van der Waals surface area contributed by atoms with E-state index in [0.29, 0.717) is 16.2 Å². The number of hydrogen-bond acceptors (Lipinski definition) is 4. The van der Waals surface area contributed by atoms with Crippen molar-refractivity contribution in [2.75, 3.05) is 13.6 Å². The van der Waals surface area contributed by atoms with Crippen LogP contribution in [0.1, 0.15) is 24.3 Å². The second kappa shape index (κ2) is 5.44. The number of fused-ring (bicyclic) bond motifs is 1. The summed E-state index contributed by atoms with van der Waals surface area (Å²) in [6.07, 6.45) is 3.89. The van der Waals surface area contributed by atoms with Gasteiger partial charge in [-0.2, -0.15) is 4.31 Å². The summed E-state index contributed by atoms with van der Waals surface area (Å²) in [5.74, 6) is -0.102. The van der Waals surface area contributed by atoms with Crippen molar-refractivity contribution in [3.63, 3.8) is 0 Å². The van der Waals surface area contributed by atoms with Gasteiger partial charge in [-0.15, -0.1) is 11.3 Å². The van der Waals surface area contributed by atoms with Crippen LogP contribution < -0.4 is 5.32 Å². The average molecular weight is 300 g/mol. The van der Waals surface area contributed by atoms with Crippen molar-refractivity contribution < 1.29 is 13.2 Å². The summed E-state index contributed by atoms with van der Waals surface area (Å²) < 4.78 is 25.4. The van der Waals surface area contributed by atoms with Gasteiger partial charge < -0.3 is 5.32 Å². The van der Waals surface area contributed by atoms with E-state index in [0.717, 1.165) is 0 Å². The number of nitrogens with zero attached hydrogens (tertiary/aromatic N) is 1. The molecule has 1 atom stereocenters. The zero-order chi connectivity index (χ0) is 14.0. The summed E-state index contributed by atoms with van der Waals surface area (Å²) in [5, 5.41) is 4.62. The summed E-state index contributed by atoms with van der Waals surface area (Å²) in [6.45, 7) is 2.13. The third kappa shape index (κ3) is 2.72. The van der Waals surface area contributed by atoms with Crippen LogP contribution in [0.2, 0.25) is 0 Å². The lowest BCUT2D eigenvalue weighted by Crippen LogP contribution is -2.42. The van der Waals surface area contributed by atoms with Gasteiger partial charge in [0.1, 0.15) is 0 Å². The fraction of sp³-hybridized carbons (Fsp3) is 0.417. The van der Waals surface area contributed by atoms with Gasteiger partial charge >= 0.3 is 0 Å². The van der Waals surface area contributed by atoms with E-state index in [-0.39, 0.29) is 18.5 Å². The Balaban J connectivity index is 2.23. The molecule has 0 aliphatic carbocycles. The predicted octanol–water partition coefficient (Wildman–Crippen LogP) is 1.51. The second-order valence-corrected chi connectivity index (χ2v) is 7.29. The van der Waals surface area contributed by atoms with E-state index >= 15 is 0 Å². The van der Waals surface area contributed by atoms with Gasteiger partial charge in [-0.3, -0.25) is 4.79 Å². The highest BCUT2D eigenvalue weighted by Gasteiger charge is 2.36. The summed E-state index contributed by atoms with van der Waals surface area (Å²) in [7, 11) is -1.86. The van der Waals surface area contributed by atoms with Crippen LogP contribution >= 0.6 is 11.3 Å². The lowest BCUT2D eigenvalue weighted by atomic mass is 10.2. The van der Waals surface area contributed by atoms with Crippen LogP contribution in [0.4, 0.5) is 0 Å². The van der Waals surface area contributed by atoms with E-state index in [1.807, 2.05) is 13.0 Å². The SMILES string of the molecule is CC=CCC(=O)NC1CN(C)S(=O)(=O)c2ccsc21. The molecule has 2 heterocycles. The van der Waals surface area contributed by atoms with Crippen molar-refractivity contribution >= 4 is 27.3 Å². The van der Waals surface area contributed by atoms with Crippen molar-refractivity contribution in [2.24, 2.45) is 0 Å². The zero-order valence-corrected chi connectivity index (χ0v) is 12.4. The van der Waals surface area contributed by atoms with Gasteiger partial charge in [0.15, 0.2) is 0 Å². The van der Waals surface area contributed by atoms with E-state index in [1.165, 1.54) is 22.7 Å². The quantitative estimate of drug-likeness (QED) is 0.860. The molecule has 0 bridgehead atoms. The lowest BCUT2D eigenvalue weighted by molar-refractivity contribution is -0.121. The minimum absolute atomic E-state index is 0.102.